The van der Waals surface area contributed by atoms with E-state index in [1.807, 2.05) is 30.3 Å². The highest BCUT2D eigenvalue weighted by Crippen LogP contribution is 2.15. The van der Waals surface area contributed by atoms with E-state index in [4.69, 9.17) is 9.84 Å². The summed E-state index contributed by atoms with van der Waals surface area (Å²) in [4.78, 5) is 0. The Morgan fingerprint density at radius 1 is 1.17 bits per heavy atom. The van der Waals surface area contributed by atoms with E-state index in [0.29, 0.717) is 13.2 Å². The zero-order valence-corrected chi connectivity index (χ0v) is 10.1. The van der Waals surface area contributed by atoms with Gasteiger partial charge < -0.3 is 25.4 Å². The number of hydrogen-bond acceptors (Lipinski definition) is 5. The second-order valence-corrected chi connectivity index (χ2v) is 4.51. The summed E-state index contributed by atoms with van der Waals surface area (Å²) >= 11 is 0. The first-order valence-corrected chi connectivity index (χ1v) is 6.08. The molecule has 0 aromatic heterocycles. The number of ether oxygens (including phenoxy) is 1. The molecule has 1 unspecified atom stereocenters. The number of benzene rings is 1. The third kappa shape index (κ3) is 3.07. The van der Waals surface area contributed by atoms with Crippen LogP contribution >= 0.6 is 0 Å². The van der Waals surface area contributed by atoms with Crippen molar-refractivity contribution in [2.24, 2.45) is 0 Å². The van der Waals surface area contributed by atoms with Gasteiger partial charge in [0, 0.05) is 6.54 Å². The van der Waals surface area contributed by atoms with E-state index >= 15 is 0 Å². The largest absolute Gasteiger partial charge is 0.395 e. The average molecular weight is 253 g/mol. The Bertz CT molecular complexity index is 359. The first-order valence-electron chi connectivity index (χ1n) is 6.08. The lowest BCUT2D eigenvalue weighted by Gasteiger charge is -2.37. The molecule has 0 aliphatic carbocycles. The Kier molecular flexibility index (Phi) is 4.68. The van der Waals surface area contributed by atoms with Crippen molar-refractivity contribution in [3.05, 3.63) is 35.9 Å². The first kappa shape index (κ1) is 13.5. The lowest BCUT2D eigenvalue weighted by atomic mass is 9.96. The third-order valence-electron chi connectivity index (χ3n) is 3.23. The molecule has 2 rings (SSSR count). The van der Waals surface area contributed by atoms with Gasteiger partial charge in [-0.15, -0.1) is 0 Å². The minimum absolute atomic E-state index is 0.205. The first-order chi connectivity index (χ1) is 8.72. The van der Waals surface area contributed by atoms with E-state index in [9.17, 15) is 10.2 Å². The SMILES string of the molecule is OCC1NC[C@H](OCc2ccccc2)[C@@H](O)[C@@H]1O. The van der Waals surface area contributed by atoms with Gasteiger partial charge in [0.15, 0.2) is 0 Å². The molecule has 1 aromatic carbocycles. The van der Waals surface area contributed by atoms with E-state index in [0.717, 1.165) is 5.56 Å². The molecule has 1 saturated heterocycles. The highest BCUT2D eigenvalue weighted by atomic mass is 16.5. The zero-order valence-electron chi connectivity index (χ0n) is 10.1. The highest BCUT2D eigenvalue weighted by Gasteiger charge is 2.37. The van der Waals surface area contributed by atoms with Crippen LogP contribution in [-0.2, 0) is 11.3 Å². The Hall–Kier alpha value is -0.980. The minimum Gasteiger partial charge on any atom is -0.395 e. The molecule has 0 radical (unpaired) electrons. The van der Waals surface area contributed by atoms with Crippen molar-refractivity contribution in [3.8, 4) is 0 Å². The van der Waals surface area contributed by atoms with E-state index in [1.54, 1.807) is 0 Å². The summed E-state index contributed by atoms with van der Waals surface area (Å²) in [6.07, 6.45) is -2.46. The second kappa shape index (κ2) is 6.26. The molecule has 1 fully saturated rings. The fourth-order valence-corrected chi connectivity index (χ4v) is 2.07. The van der Waals surface area contributed by atoms with E-state index in [-0.39, 0.29) is 6.61 Å². The van der Waals surface area contributed by atoms with Crippen molar-refractivity contribution in [2.45, 2.75) is 31.0 Å². The lowest BCUT2D eigenvalue weighted by Crippen LogP contribution is -2.61. The highest BCUT2D eigenvalue weighted by molar-refractivity contribution is 5.13. The average Bonchev–Trinajstić information content (AvgIpc) is 2.42. The molecule has 4 N–H and O–H groups in total. The van der Waals surface area contributed by atoms with Crippen molar-refractivity contribution in [3.63, 3.8) is 0 Å². The predicted molar refractivity (Wildman–Crippen MR) is 65.9 cm³/mol. The molecule has 1 aliphatic rings. The van der Waals surface area contributed by atoms with Crippen LogP contribution in [0.5, 0.6) is 0 Å². The summed E-state index contributed by atoms with van der Waals surface area (Å²) in [6, 6.07) is 9.16. The second-order valence-electron chi connectivity index (χ2n) is 4.51. The molecule has 1 aliphatic heterocycles. The third-order valence-corrected chi connectivity index (χ3v) is 3.23. The summed E-state index contributed by atoms with van der Waals surface area (Å²) in [5.41, 5.74) is 1.02. The van der Waals surface area contributed by atoms with E-state index < -0.39 is 24.4 Å². The number of nitrogens with one attached hydrogen (secondary N) is 1. The summed E-state index contributed by atoms with van der Waals surface area (Å²) in [6.45, 7) is 0.598. The molecule has 1 aromatic rings. The summed E-state index contributed by atoms with van der Waals surface area (Å²) in [5.74, 6) is 0. The molecule has 5 heteroatoms. The van der Waals surface area contributed by atoms with Crippen LogP contribution in [0.1, 0.15) is 5.56 Å². The van der Waals surface area contributed by atoms with E-state index in [2.05, 4.69) is 5.32 Å². The molecule has 18 heavy (non-hydrogen) atoms. The van der Waals surface area contributed by atoms with Gasteiger partial charge in [-0.2, -0.15) is 0 Å². The van der Waals surface area contributed by atoms with Gasteiger partial charge in [0.1, 0.15) is 6.10 Å². The maximum Gasteiger partial charge on any atom is 0.109 e. The summed E-state index contributed by atoms with van der Waals surface area (Å²) in [5, 5.41) is 31.6. The standard InChI is InChI=1S/C13H19NO4/c15-7-10-12(16)13(17)11(6-14-10)18-8-9-4-2-1-3-5-9/h1-5,10-17H,6-8H2/t10?,11-,12+,13+/m0/s1. The van der Waals surface area contributed by atoms with Gasteiger partial charge in [0.05, 0.1) is 31.5 Å². The van der Waals surface area contributed by atoms with Crippen molar-refractivity contribution in [2.75, 3.05) is 13.2 Å². The van der Waals surface area contributed by atoms with Gasteiger partial charge in [-0.3, -0.25) is 0 Å². The molecule has 1 heterocycles. The summed E-state index contributed by atoms with van der Waals surface area (Å²) < 4.78 is 5.59. The normalized spacial score (nSPS) is 32.4. The Labute approximate surface area is 106 Å². The number of hydrogen-bond donors (Lipinski definition) is 4. The van der Waals surface area contributed by atoms with Gasteiger partial charge in [0.25, 0.3) is 0 Å². The van der Waals surface area contributed by atoms with Gasteiger partial charge in [-0.05, 0) is 5.56 Å². The zero-order chi connectivity index (χ0) is 13.0. The van der Waals surface area contributed by atoms with E-state index in [1.165, 1.54) is 0 Å². The van der Waals surface area contributed by atoms with Gasteiger partial charge in [0.2, 0.25) is 0 Å². The maximum atomic E-state index is 9.89. The predicted octanol–water partition coefficient (Wildman–Crippen LogP) is -0.742. The molecule has 0 spiro atoms. The minimum atomic E-state index is -1.01. The van der Waals surface area contributed by atoms with Crippen LogP contribution in [0.2, 0.25) is 0 Å². The van der Waals surface area contributed by atoms with Crippen LogP contribution < -0.4 is 5.32 Å². The number of piperidine rings is 1. The smallest absolute Gasteiger partial charge is 0.109 e. The summed E-state index contributed by atoms with van der Waals surface area (Å²) in [7, 11) is 0. The number of aliphatic hydroxyl groups is 3. The Morgan fingerprint density at radius 3 is 2.56 bits per heavy atom. The molecular weight excluding hydrogens is 234 g/mol. The molecule has 4 atom stereocenters. The number of aliphatic hydroxyl groups excluding tert-OH is 3. The van der Waals surface area contributed by atoms with Crippen LogP contribution in [0.25, 0.3) is 0 Å². The van der Waals surface area contributed by atoms with Gasteiger partial charge in [-0.1, -0.05) is 30.3 Å². The molecule has 0 saturated carbocycles. The van der Waals surface area contributed by atoms with Gasteiger partial charge in [-0.25, -0.2) is 0 Å². The monoisotopic (exact) mass is 253 g/mol. The van der Waals surface area contributed by atoms with Gasteiger partial charge >= 0.3 is 0 Å². The maximum absolute atomic E-state index is 9.89. The van der Waals surface area contributed by atoms with Crippen LogP contribution in [0.15, 0.2) is 30.3 Å². The molecule has 100 valence electrons. The van der Waals surface area contributed by atoms with Crippen molar-refractivity contribution >= 4 is 0 Å². The van der Waals surface area contributed by atoms with Crippen LogP contribution in [0.4, 0.5) is 0 Å². The number of rotatable bonds is 4. The van der Waals surface area contributed by atoms with Crippen molar-refractivity contribution in [1.29, 1.82) is 0 Å². The Balaban J connectivity index is 1.87. The van der Waals surface area contributed by atoms with Crippen molar-refractivity contribution in [1.82, 2.24) is 5.32 Å². The Morgan fingerprint density at radius 2 is 1.89 bits per heavy atom. The molecule has 0 amide bonds. The molecular formula is C13H19NO4. The van der Waals surface area contributed by atoms with Crippen LogP contribution in [0.3, 0.4) is 0 Å². The molecule has 0 bridgehead atoms. The lowest BCUT2D eigenvalue weighted by molar-refractivity contribution is -0.128. The van der Waals surface area contributed by atoms with Crippen molar-refractivity contribution < 1.29 is 20.1 Å². The van der Waals surface area contributed by atoms with Crippen LogP contribution in [0, 0.1) is 0 Å². The molecule has 5 nitrogen and oxygen atoms in total. The topological polar surface area (TPSA) is 82.0 Å². The fraction of sp³-hybridized carbons (Fsp3) is 0.538. The fourth-order valence-electron chi connectivity index (χ4n) is 2.07. The van der Waals surface area contributed by atoms with Crippen LogP contribution in [-0.4, -0.2) is 52.8 Å². The quantitative estimate of drug-likeness (QED) is 0.568.